The van der Waals surface area contributed by atoms with Gasteiger partial charge in [-0.2, -0.15) is 5.10 Å². The minimum absolute atomic E-state index is 0.144. The van der Waals surface area contributed by atoms with Gasteiger partial charge in [0.15, 0.2) is 11.5 Å². The maximum Gasteiger partial charge on any atom is 0.272 e. The first-order valence-electron chi connectivity index (χ1n) is 10.3. The Kier molecular flexibility index (Phi) is 4.54. The normalized spacial score (nSPS) is 20.4. The fourth-order valence-electron chi connectivity index (χ4n) is 4.45. The van der Waals surface area contributed by atoms with Crippen molar-refractivity contribution in [3.05, 3.63) is 69.8 Å². The molecule has 1 amide bonds. The first-order valence-corrected chi connectivity index (χ1v) is 11.1. The van der Waals surface area contributed by atoms with Gasteiger partial charge in [0.2, 0.25) is 0 Å². The summed E-state index contributed by atoms with van der Waals surface area (Å²) in [7, 11) is 0. The number of carbonyl (C=O) groups excluding carboxylic acids is 1. The van der Waals surface area contributed by atoms with Crippen LogP contribution in [-0.4, -0.2) is 25.7 Å². The minimum atomic E-state index is -0.214. The topological polar surface area (TPSA) is 72.7 Å². The molecule has 0 aromatic carbocycles. The highest BCUT2D eigenvalue weighted by Crippen LogP contribution is 2.57. The highest BCUT2D eigenvalue weighted by atomic mass is 79.9. The lowest BCUT2D eigenvalue weighted by molar-refractivity contribution is 0.0893. The molecule has 30 heavy (non-hydrogen) atoms. The van der Waals surface area contributed by atoms with Gasteiger partial charge in [-0.1, -0.05) is 26.8 Å². The van der Waals surface area contributed by atoms with E-state index in [4.69, 9.17) is 5.10 Å². The van der Waals surface area contributed by atoms with Crippen LogP contribution in [0, 0.1) is 11.3 Å². The number of hydrogen-bond donors (Lipinski definition) is 1. The van der Waals surface area contributed by atoms with E-state index in [-0.39, 0.29) is 17.4 Å². The van der Waals surface area contributed by atoms with E-state index in [1.54, 1.807) is 12.4 Å². The van der Waals surface area contributed by atoms with Crippen LogP contribution in [-0.2, 0) is 6.42 Å². The Bertz CT molecular complexity index is 1100. The number of nitrogens with zero attached hydrogens (tertiary/aromatic N) is 4. The largest absolute Gasteiger partial charge is 0.342 e. The molecule has 2 aliphatic rings. The molecule has 1 N–H and O–H groups in total. The lowest BCUT2D eigenvalue weighted by Crippen LogP contribution is -2.37. The highest BCUT2D eigenvalue weighted by molar-refractivity contribution is 9.10. The van der Waals surface area contributed by atoms with Crippen molar-refractivity contribution in [3.8, 4) is 5.82 Å². The number of rotatable bonds is 4. The van der Waals surface area contributed by atoms with Crippen molar-refractivity contribution in [1.82, 2.24) is 25.1 Å². The minimum Gasteiger partial charge on any atom is -0.342 e. The van der Waals surface area contributed by atoms with Crippen molar-refractivity contribution >= 4 is 21.8 Å². The van der Waals surface area contributed by atoms with E-state index in [1.807, 2.05) is 35.0 Å². The van der Waals surface area contributed by atoms with Gasteiger partial charge in [-0.05, 0) is 64.4 Å². The Balaban J connectivity index is 1.51. The third-order valence-electron chi connectivity index (χ3n) is 6.03. The fraction of sp³-hybridized carbons (Fsp3) is 0.391. The van der Waals surface area contributed by atoms with Gasteiger partial charge in [0, 0.05) is 28.3 Å². The average Bonchev–Trinajstić information content (AvgIpc) is 3.22. The lowest BCUT2D eigenvalue weighted by atomic mass is 9.84. The second kappa shape index (κ2) is 7.01. The smallest absolute Gasteiger partial charge is 0.272 e. The third kappa shape index (κ3) is 3.35. The zero-order valence-electron chi connectivity index (χ0n) is 17.3. The molecule has 0 aliphatic heterocycles. The first kappa shape index (κ1) is 19.4. The van der Waals surface area contributed by atoms with Gasteiger partial charge < -0.3 is 5.32 Å². The van der Waals surface area contributed by atoms with Gasteiger partial charge in [-0.25, -0.2) is 9.67 Å². The molecular formula is C23H24BrN5O. The van der Waals surface area contributed by atoms with Crippen LogP contribution in [0.3, 0.4) is 0 Å². The molecule has 0 saturated heterocycles. The van der Waals surface area contributed by atoms with Gasteiger partial charge >= 0.3 is 0 Å². The molecule has 3 aromatic heterocycles. The number of amides is 1. The van der Waals surface area contributed by atoms with Crippen molar-refractivity contribution in [2.45, 2.75) is 45.6 Å². The summed E-state index contributed by atoms with van der Waals surface area (Å²) < 4.78 is 2.79. The predicted molar refractivity (Wildman–Crippen MR) is 118 cm³/mol. The Morgan fingerprint density at radius 2 is 2.07 bits per heavy atom. The van der Waals surface area contributed by atoms with Crippen molar-refractivity contribution in [2.75, 3.05) is 0 Å². The predicted octanol–water partition coefficient (Wildman–Crippen LogP) is 4.60. The monoisotopic (exact) mass is 465 g/mol. The summed E-state index contributed by atoms with van der Waals surface area (Å²) >= 11 is 3.43. The highest BCUT2D eigenvalue weighted by Gasteiger charge is 2.50. The van der Waals surface area contributed by atoms with Gasteiger partial charge in [0.25, 0.3) is 5.91 Å². The Labute approximate surface area is 184 Å². The summed E-state index contributed by atoms with van der Waals surface area (Å²) in [6.45, 7) is 6.32. The van der Waals surface area contributed by atoms with Gasteiger partial charge in [0.1, 0.15) is 0 Å². The molecule has 0 spiro atoms. The molecule has 1 saturated carbocycles. The van der Waals surface area contributed by atoms with E-state index in [0.29, 0.717) is 17.5 Å². The Morgan fingerprint density at radius 3 is 2.73 bits per heavy atom. The van der Waals surface area contributed by atoms with Crippen LogP contribution in [0.2, 0.25) is 0 Å². The third-order valence-corrected chi connectivity index (χ3v) is 6.50. The zero-order valence-corrected chi connectivity index (χ0v) is 18.8. The standard InChI is InChI=1S/C23H24BrN5O/c1-23(2,3)21(17-6-4-5-9-25-17)27-22(30)19-16-11-13-10-15(13)20(16)29(28-19)18-8-7-14(24)12-26-18/h4-9,12-13,15,21H,10-11H2,1-3H3,(H,27,30)/t13-,15-,21-/m1/s1. The molecule has 0 bridgehead atoms. The summed E-state index contributed by atoms with van der Waals surface area (Å²) in [5.74, 6) is 1.74. The van der Waals surface area contributed by atoms with Crippen LogP contribution in [0.4, 0.5) is 0 Å². The van der Waals surface area contributed by atoms with E-state index in [9.17, 15) is 4.79 Å². The molecule has 3 heterocycles. The van der Waals surface area contributed by atoms with Crippen LogP contribution in [0.15, 0.2) is 47.2 Å². The van der Waals surface area contributed by atoms with Crippen molar-refractivity contribution < 1.29 is 4.79 Å². The second-order valence-corrected chi connectivity index (χ2v) is 10.2. The summed E-state index contributed by atoms with van der Waals surface area (Å²) in [6.07, 6.45) is 5.62. The molecule has 3 aromatic rings. The summed E-state index contributed by atoms with van der Waals surface area (Å²) in [6, 6.07) is 9.46. The quantitative estimate of drug-likeness (QED) is 0.610. The molecule has 154 valence electrons. The van der Waals surface area contributed by atoms with E-state index < -0.39 is 0 Å². The Hall–Kier alpha value is -2.54. The maximum absolute atomic E-state index is 13.4. The molecule has 0 radical (unpaired) electrons. The number of hydrogen-bond acceptors (Lipinski definition) is 4. The molecule has 2 aliphatic carbocycles. The molecule has 5 rings (SSSR count). The van der Waals surface area contributed by atoms with Crippen LogP contribution < -0.4 is 5.32 Å². The molecule has 7 heteroatoms. The van der Waals surface area contributed by atoms with E-state index in [0.717, 1.165) is 33.7 Å². The van der Waals surface area contributed by atoms with E-state index in [1.165, 1.54) is 6.42 Å². The molecule has 3 atom stereocenters. The molecule has 0 unspecified atom stereocenters. The molecule has 6 nitrogen and oxygen atoms in total. The zero-order chi connectivity index (χ0) is 21.0. The van der Waals surface area contributed by atoms with Gasteiger partial charge in [-0.15, -0.1) is 0 Å². The summed E-state index contributed by atoms with van der Waals surface area (Å²) in [5.41, 5.74) is 3.42. The average molecular weight is 466 g/mol. The first-order chi connectivity index (χ1) is 14.3. The van der Waals surface area contributed by atoms with Gasteiger partial charge in [0.05, 0.1) is 17.4 Å². The van der Waals surface area contributed by atoms with Crippen LogP contribution >= 0.6 is 15.9 Å². The summed E-state index contributed by atoms with van der Waals surface area (Å²) in [5, 5.41) is 7.96. The van der Waals surface area contributed by atoms with Crippen molar-refractivity contribution in [3.63, 3.8) is 0 Å². The number of pyridine rings is 2. The Morgan fingerprint density at radius 1 is 1.23 bits per heavy atom. The molecule has 1 fully saturated rings. The van der Waals surface area contributed by atoms with E-state index in [2.05, 4.69) is 52.0 Å². The number of halogens is 1. The summed E-state index contributed by atoms with van der Waals surface area (Å²) in [4.78, 5) is 22.4. The van der Waals surface area contributed by atoms with Crippen LogP contribution in [0.25, 0.3) is 5.82 Å². The lowest BCUT2D eigenvalue weighted by Gasteiger charge is -2.30. The number of carbonyl (C=O) groups is 1. The fourth-order valence-corrected chi connectivity index (χ4v) is 4.68. The van der Waals surface area contributed by atoms with Crippen LogP contribution in [0.5, 0.6) is 0 Å². The van der Waals surface area contributed by atoms with Crippen molar-refractivity contribution in [1.29, 1.82) is 0 Å². The number of aromatic nitrogens is 4. The van der Waals surface area contributed by atoms with Crippen LogP contribution in [0.1, 0.15) is 66.6 Å². The SMILES string of the molecule is CC(C)(C)[C@H](NC(=O)c1nn(-c2ccc(Br)cn2)c2c1C[C@H]1C[C@@H]21)c1ccccn1. The van der Waals surface area contributed by atoms with Gasteiger partial charge in [-0.3, -0.25) is 9.78 Å². The second-order valence-electron chi connectivity index (χ2n) is 9.29. The number of nitrogens with one attached hydrogen (secondary N) is 1. The maximum atomic E-state index is 13.4. The van der Waals surface area contributed by atoms with E-state index >= 15 is 0 Å². The number of fused-ring (bicyclic) bond motifs is 3. The van der Waals surface area contributed by atoms with Crippen molar-refractivity contribution in [2.24, 2.45) is 11.3 Å². The molecular weight excluding hydrogens is 442 g/mol.